The first-order chi connectivity index (χ1) is 13.2. The largest absolute Gasteiger partial charge is 0.497 e. The molecule has 138 valence electrons. The lowest BCUT2D eigenvalue weighted by atomic mass is 10.2. The van der Waals surface area contributed by atoms with Crippen molar-refractivity contribution < 1.29 is 14.3 Å². The van der Waals surface area contributed by atoms with Gasteiger partial charge in [-0.1, -0.05) is 6.07 Å². The second kappa shape index (κ2) is 8.61. The normalized spacial score (nSPS) is 10.1. The zero-order valence-electron chi connectivity index (χ0n) is 15.0. The minimum absolute atomic E-state index is 0.322. The van der Waals surface area contributed by atoms with Crippen LogP contribution in [-0.2, 0) is 6.54 Å². The summed E-state index contributed by atoms with van der Waals surface area (Å²) in [6, 6.07) is 10.8. The van der Waals surface area contributed by atoms with Gasteiger partial charge in [0.15, 0.2) is 0 Å². The summed E-state index contributed by atoms with van der Waals surface area (Å²) in [5.41, 5.74) is 1.69. The summed E-state index contributed by atoms with van der Waals surface area (Å²) in [6.07, 6.45) is 4.63. The number of hydrogen-bond acceptors (Lipinski definition) is 7. The third-order valence-corrected chi connectivity index (χ3v) is 3.72. The highest BCUT2D eigenvalue weighted by molar-refractivity contribution is 6.04. The zero-order chi connectivity index (χ0) is 19.1. The lowest BCUT2D eigenvalue weighted by molar-refractivity contribution is 0.102. The van der Waals surface area contributed by atoms with Gasteiger partial charge in [-0.3, -0.25) is 9.78 Å². The molecule has 0 spiro atoms. The van der Waals surface area contributed by atoms with E-state index in [0.29, 0.717) is 35.2 Å². The summed E-state index contributed by atoms with van der Waals surface area (Å²) in [5.74, 6) is 1.20. The Bertz CT molecular complexity index is 901. The molecule has 8 nitrogen and oxygen atoms in total. The van der Waals surface area contributed by atoms with Crippen LogP contribution in [0.4, 0.5) is 11.6 Å². The maximum absolute atomic E-state index is 12.5. The number of carbonyl (C=O) groups excluding carboxylic acids is 1. The number of methoxy groups -OCH3 is 2. The number of carbonyl (C=O) groups is 1. The van der Waals surface area contributed by atoms with E-state index in [2.05, 4.69) is 25.6 Å². The van der Waals surface area contributed by atoms with Crippen LogP contribution in [0, 0.1) is 0 Å². The maximum atomic E-state index is 12.5. The van der Waals surface area contributed by atoms with Crippen LogP contribution in [0.2, 0.25) is 0 Å². The molecule has 0 saturated heterocycles. The summed E-state index contributed by atoms with van der Waals surface area (Å²) in [4.78, 5) is 25.0. The number of aromatic nitrogens is 3. The van der Waals surface area contributed by atoms with Crippen molar-refractivity contribution >= 4 is 17.5 Å². The summed E-state index contributed by atoms with van der Waals surface area (Å²) >= 11 is 0. The number of benzene rings is 1. The predicted octanol–water partition coefficient (Wildman–Crippen LogP) is 2.75. The van der Waals surface area contributed by atoms with Crippen LogP contribution in [0.1, 0.15) is 16.1 Å². The number of amides is 1. The zero-order valence-corrected chi connectivity index (χ0v) is 15.0. The van der Waals surface area contributed by atoms with Crippen molar-refractivity contribution in [2.24, 2.45) is 0 Å². The number of hydrogen-bond donors (Lipinski definition) is 2. The van der Waals surface area contributed by atoms with Gasteiger partial charge in [0, 0.05) is 24.7 Å². The third kappa shape index (κ3) is 4.69. The number of rotatable bonds is 7. The standard InChI is InChI=1S/C19H19N5O3/c1-26-15-6-7-17(27-2)16(9-15)24-18(25)13-10-21-19(22-11-13)23-12-14-5-3-4-8-20-14/h3-11H,12H2,1-2H3,(H,24,25)(H,21,22,23). The average molecular weight is 365 g/mol. The lowest BCUT2D eigenvalue weighted by Gasteiger charge is -2.11. The van der Waals surface area contributed by atoms with E-state index in [-0.39, 0.29) is 5.91 Å². The number of nitrogens with one attached hydrogen (secondary N) is 2. The first-order valence-corrected chi connectivity index (χ1v) is 8.19. The van der Waals surface area contributed by atoms with Crippen LogP contribution >= 0.6 is 0 Å². The Morgan fingerprint density at radius 3 is 2.52 bits per heavy atom. The van der Waals surface area contributed by atoms with Crippen LogP contribution < -0.4 is 20.1 Å². The number of anilines is 2. The maximum Gasteiger partial charge on any atom is 0.258 e. The van der Waals surface area contributed by atoms with E-state index in [4.69, 9.17) is 9.47 Å². The highest BCUT2D eigenvalue weighted by Crippen LogP contribution is 2.29. The Hall–Kier alpha value is -3.68. The van der Waals surface area contributed by atoms with Gasteiger partial charge < -0.3 is 20.1 Å². The van der Waals surface area contributed by atoms with Gasteiger partial charge in [0.1, 0.15) is 11.5 Å². The van der Waals surface area contributed by atoms with Gasteiger partial charge in [0.2, 0.25) is 5.95 Å². The molecule has 27 heavy (non-hydrogen) atoms. The van der Waals surface area contributed by atoms with Crippen molar-refractivity contribution in [2.45, 2.75) is 6.54 Å². The first-order valence-electron chi connectivity index (χ1n) is 8.19. The van der Waals surface area contributed by atoms with Crippen LogP contribution in [0.15, 0.2) is 55.0 Å². The molecule has 3 rings (SSSR count). The van der Waals surface area contributed by atoms with Crippen molar-refractivity contribution in [1.82, 2.24) is 15.0 Å². The van der Waals surface area contributed by atoms with Crippen LogP contribution in [-0.4, -0.2) is 35.1 Å². The van der Waals surface area contributed by atoms with Gasteiger partial charge >= 0.3 is 0 Å². The molecule has 0 radical (unpaired) electrons. The Balaban J connectivity index is 1.65. The van der Waals surface area contributed by atoms with Gasteiger partial charge in [0.25, 0.3) is 5.91 Å². The molecular formula is C19H19N5O3. The van der Waals surface area contributed by atoms with Crippen molar-refractivity contribution in [3.05, 3.63) is 66.2 Å². The smallest absolute Gasteiger partial charge is 0.258 e. The fourth-order valence-electron chi connectivity index (χ4n) is 2.32. The van der Waals surface area contributed by atoms with Crippen molar-refractivity contribution in [2.75, 3.05) is 24.9 Å². The molecule has 0 bridgehead atoms. The van der Waals surface area contributed by atoms with Crippen LogP contribution in [0.3, 0.4) is 0 Å². The van der Waals surface area contributed by atoms with Crippen molar-refractivity contribution in [3.63, 3.8) is 0 Å². The third-order valence-electron chi connectivity index (χ3n) is 3.72. The lowest BCUT2D eigenvalue weighted by Crippen LogP contribution is -2.14. The van der Waals surface area contributed by atoms with E-state index in [1.54, 1.807) is 31.5 Å². The highest BCUT2D eigenvalue weighted by atomic mass is 16.5. The molecule has 0 saturated carbocycles. The molecule has 0 unspecified atom stereocenters. The topological polar surface area (TPSA) is 98.3 Å². The fraction of sp³-hybridized carbons (Fsp3) is 0.158. The molecule has 1 amide bonds. The average Bonchev–Trinajstić information content (AvgIpc) is 2.73. The molecule has 2 aromatic heterocycles. The second-order valence-corrected chi connectivity index (χ2v) is 5.49. The Morgan fingerprint density at radius 2 is 1.85 bits per heavy atom. The number of nitrogens with zero attached hydrogens (tertiary/aromatic N) is 3. The molecule has 0 aliphatic heterocycles. The highest BCUT2D eigenvalue weighted by Gasteiger charge is 2.12. The molecule has 0 fully saturated rings. The Labute approximate surface area is 156 Å². The van der Waals surface area contributed by atoms with Crippen molar-refractivity contribution in [1.29, 1.82) is 0 Å². The molecular weight excluding hydrogens is 346 g/mol. The molecule has 0 aliphatic rings. The van der Waals surface area contributed by atoms with E-state index < -0.39 is 0 Å². The quantitative estimate of drug-likeness (QED) is 0.664. The minimum atomic E-state index is -0.349. The van der Waals surface area contributed by atoms with Crippen LogP contribution in [0.5, 0.6) is 11.5 Å². The molecule has 2 heterocycles. The molecule has 3 aromatic rings. The van der Waals surface area contributed by atoms with Crippen molar-refractivity contribution in [3.8, 4) is 11.5 Å². The van der Waals surface area contributed by atoms with Crippen LogP contribution in [0.25, 0.3) is 0 Å². The van der Waals surface area contributed by atoms with E-state index in [9.17, 15) is 4.79 Å². The fourth-order valence-corrected chi connectivity index (χ4v) is 2.32. The van der Waals surface area contributed by atoms with E-state index in [0.717, 1.165) is 5.69 Å². The minimum Gasteiger partial charge on any atom is -0.497 e. The monoisotopic (exact) mass is 365 g/mol. The van der Waals surface area contributed by atoms with Gasteiger partial charge in [0.05, 0.1) is 37.7 Å². The Kier molecular flexibility index (Phi) is 5.78. The molecule has 1 aromatic carbocycles. The van der Waals surface area contributed by atoms with Gasteiger partial charge in [-0.25, -0.2) is 9.97 Å². The SMILES string of the molecule is COc1ccc(OC)c(NC(=O)c2cnc(NCc3ccccn3)nc2)c1. The molecule has 8 heteroatoms. The summed E-state index contributed by atoms with van der Waals surface area (Å²) < 4.78 is 10.4. The predicted molar refractivity (Wildman–Crippen MR) is 101 cm³/mol. The van der Waals surface area contributed by atoms with E-state index in [1.165, 1.54) is 19.5 Å². The second-order valence-electron chi connectivity index (χ2n) is 5.49. The number of ether oxygens (including phenoxy) is 2. The molecule has 0 aliphatic carbocycles. The summed E-state index contributed by atoms with van der Waals surface area (Å²) in [7, 11) is 3.08. The van der Waals surface area contributed by atoms with Gasteiger partial charge in [-0.05, 0) is 24.3 Å². The Morgan fingerprint density at radius 1 is 1.04 bits per heavy atom. The molecule has 0 atom stereocenters. The molecule has 2 N–H and O–H groups in total. The van der Waals surface area contributed by atoms with E-state index >= 15 is 0 Å². The van der Waals surface area contributed by atoms with Gasteiger partial charge in [-0.2, -0.15) is 0 Å². The van der Waals surface area contributed by atoms with E-state index in [1.807, 2.05) is 18.2 Å². The van der Waals surface area contributed by atoms with Gasteiger partial charge in [-0.15, -0.1) is 0 Å². The first kappa shape index (κ1) is 18.1. The number of pyridine rings is 1. The summed E-state index contributed by atoms with van der Waals surface area (Å²) in [5, 5.41) is 5.83. The summed E-state index contributed by atoms with van der Waals surface area (Å²) in [6.45, 7) is 0.493.